The van der Waals surface area contributed by atoms with Gasteiger partial charge in [0.25, 0.3) is 0 Å². The van der Waals surface area contributed by atoms with E-state index < -0.39 is 0 Å². The summed E-state index contributed by atoms with van der Waals surface area (Å²) >= 11 is 6.14. The van der Waals surface area contributed by atoms with E-state index in [0.717, 1.165) is 12.4 Å². The van der Waals surface area contributed by atoms with E-state index in [-0.39, 0.29) is 11.7 Å². The highest BCUT2D eigenvalue weighted by Gasteiger charge is 2.20. The van der Waals surface area contributed by atoms with Crippen LogP contribution in [0.5, 0.6) is 0 Å². The van der Waals surface area contributed by atoms with Crippen LogP contribution in [0, 0.1) is 11.7 Å². The molecule has 2 N–H and O–H groups in total. The molecule has 2 aromatic rings. The Morgan fingerprint density at radius 1 is 1.29 bits per heavy atom. The molecule has 1 aromatic carbocycles. The van der Waals surface area contributed by atoms with Crippen molar-refractivity contribution in [2.45, 2.75) is 40.2 Å². The first-order valence-electron chi connectivity index (χ1n) is 7.12. The van der Waals surface area contributed by atoms with E-state index in [4.69, 9.17) is 17.3 Å². The molecule has 2 rings (SSSR count). The van der Waals surface area contributed by atoms with Crippen molar-refractivity contribution < 1.29 is 4.39 Å². The van der Waals surface area contributed by atoms with Gasteiger partial charge in [0.1, 0.15) is 23.2 Å². The molecule has 21 heavy (non-hydrogen) atoms. The van der Waals surface area contributed by atoms with Crippen LogP contribution in [0.15, 0.2) is 18.2 Å². The zero-order valence-corrected chi connectivity index (χ0v) is 13.6. The molecule has 1 heterocycles. The molecule has 0 atom stereocenters. The Labute approximate surface area is 129 Å². The van der Waals surface area contributed by atoms with Gasteiger partial charge in [-0.3, -0.25) is 0 Å². The summed E-state index contributed by atoms with van der Waals surface area (Å²) in [5, 5.41) is 0.325. The summed E-state index contributed by atoms with van der Waals surface area (Å²) in [6, 6.07) is 4.28. The van der Waals surface area contributed by atoms with Crippen LogP contribution in [0.4, 0.5) is 10.2 Å². The van der Waals surface area contributed by atoms with E-state index in [0.29, 0.717) is 28.0 Å². The van der Waals surface area contributed by atoms with Gasteiger partial charge in [-0.25, -0.2) is 9.37 Å². The lowest BCUT2D eigenvalue weighted by Gasteiger charge is -2.14. The van der Waals surface area contributed by atoms with E-state index in [2.05, 4.69) is 32.7 Å². The summed E-state index contributed by atoms with van der Waals surface area (Å²) in [5.74, 6) is 1.85. The van der Waals surface area contributed by atoms with E-state index in [1.165, 1.54) is 12.1 Å². The number of halogens is 2. The van der Waals surface area contributed by atoms with Crippen LogP contribution < -0.4 is 5.73 Å². The average molecular weight is 310 g/mol. The highest BCUT2D eigenvalue weighted by atomic mass is 35.5. The van der Waals surface area contributed by atoms with Crippen molar-refractivity contribution in [2.24, 2.45) is 5.92 Å². The van der Waals surface area contributed by atoms with Crippen molar-refractivity contribution in [1.29, 1.82) is 0 Å². The number of nitrogens with zero attached hydrogens (tertiary/aromatic N) is 2. The number of benzene rings is 1. The Morgan fingerprint density at radius 2 is 1.95 bits per heavy atom. The minimum atomic E-state index is -0.368. The van der Waals surface area contributed by atoms with Crippen molar-refractivity contribution in [1.82, 2.24) is 9.55 Å². The molecule has 0 saturated heterocycles. The number of anilines is 1. The highest BCUT2D eigenvalue weighted by Crippen LogP contribution is 2.34. The van der Waals surface area contributed by atoms with Gasteiger partial charge in [-0.05, 0) is 24.1 Å². The van der Waals surface area contributed by atoms with E-state index in [9.17, 15) is 4.39 Å². The number of aromatic nitrogens is 2. The lowest BCUT2D eigenvalue weighted by atomic mass is 10.1. The van der Waals surface area contributed by atoms with Crippen LogP contribution in [0.1, 0.15) is 39.4 Å². The number of imidazole rings is 1. The van der Waals surface area contributed by atoms with Gasteiger partial charge >= 0.3 is 0 Å². The van der Waals surface area contributed by atoms with Crippen molar-refractivity contribution in [2.75, 3.05) is 5.73 Å². The highest BCUT2D eigenvalue weighted by molar-refractivity contribution is 6.33. The van der Waals surface area contributed by atoms with Crippen molar-refractivity contribution >= 4 is 17.4 Å². The first-order valence-corrected chi connectivity index (χ1v) is 7.50. The van der Waals surface area contributed by atoms with Crippen LogP contribution in [0.25, 0.3) is 11.3 Å². The minimum Gasteiger partial charge on any atom is -0.383 e. The topological polar surface area (TPSA) is 43.8 Å². The molecular formula is C16H21ClFN3. The van der Waals surface area contributed by atoms with E-state index >= 15 is 0 Å². The predicted octanol–water partition coefficient (Wildman–Crippen LogP) is 4.70. The SMILES string of the molecule is CC(C)Cn1c(C(C)C)nc(-c2ccc(F)cc2Cl)c1N. The molecule has 0 spiro atoms. The Hall–Kier alpha value is -1.55. The quantitative estimate of drug-likeness (QED) is 0.889. The van der Waals surface area contributed by atoms with Crippen LogP contribution in [0.3, 0.4) is 0 Å². The molecule has 3 nitrogen and oxygen atoms in total. The number of hydrogen-bond donors (Lipinski definition) is 1. The molecule has 0 aliphatic carbocycles. The van der Waals surface area contributed by atoms with Crippen molar-refractivity contribution in [3.05, 3.63) is 34.9 Å². The lowest BCUT2D eigenvalue weighted by Crippen LogP contribution is -2.12. The summed E-state index contributed by atoms with van der Waals surface area (Å²) in [7, 11) is 0. The van der Waals surface area contributed by atoms with Crippen molar-refractivity contribution in [3.63, 3.8) is 0 Å². The maximum atomic E-state index is 13.2. The molecule has 0 aliphatic rings. The van der Waals surface area contributed by atoms with Gasteiger partial charge < -0.3 is 10.3 Å². The second kappa shape index (κ2) is 6.06. The first-order chi connectivity index (χ1) is 9.81. The smallest absolute Gasteiger partial charge is 0.131 e. The summed E-state index contributed by atoms with van der Waals surface area (Å²) in [6.45, 7) is 9.22. The number of rotatable bonds is 4. The van der Waals surface area contributed by atoms with Crippen LogP contribution >= 0.6 is 11.6 Å². The Balaban J connectivity index is 2.59. The lowest BCUT2D eigenvalue weighted by molar-refractivity contribution is 0.502. The van der Waals surface area contributed by atoms with Crippen LogP contribution in [0.2, 0.25) is 5.02 Å². The normalized spacial score (nSPS) is 11.6. The first kappa shape index (κ1) is 15.8. The molecular weight excluding hydrogens is 289 g/mol. The van der Waals surface area contributed by atoms with Crippen LogP contribution in [-0.4, -0.2) is 9.55 Å². The Kier molecular flexibility index (Phi) is 4.57. The Morgan fingerprint density at radius 3 is 2.48 bits per heavy atom. The fourth-order valence-corrected chi connectivity index (χ4v) is 2.62. The third-order valence-corrected chi connectivity index (χ3v) is 3.60. The molecule has 5 heteroatoms. The third kappa shape index (κ3) is 3.21. The van der Waals surface area contributed by atoms with Crippen molar-refractivity contribution in [3.8, 4) is 11.3 Å². The second-order valence-electron chi connectivity index (χ2n) is 5.99. The van der Waals surface area contributed by atoms with Gasteiger partial charge in [0.15, 0.2) is 0 Å². The molecule has 0 amide bonds. The zero-order valence-electron chi connectivity index (χ0n) is 12.8. The van der Waals surface area contributed by atoms with Gasteiger partial charge in [-0.15, -0.1) is 0 Å². The van der Waals surface area contributed by atoms with Gasteiger partial charge in [0.05, 0.1) is 5.02 Å². The summed E-state index contributed by atoms with van der Waals surface area (Å²) in [5.41, 5.74) is 7.57. The summed E-state index contributed by atoms with van der Waals surface area (Å²) < 4.78 is 15.2. The van der Waals surface area contributed by atoms with Gasteiger partial charge in [-0.2, -0.15) is 0 Å². The molecule has 114 valence electrons. The van der Waals surface area contributed by atoms with Crippen LogP contribution in [-0.2, 0) is 6.54 Å². The average Bonchev–Trinajstić information content (AvgIpc) is 2.67. The summed E-state index contributed by atoms with van der Waals surface area (Å²) in [6.07, 6.45) is 0. The maximum Gasteiger partial charge on any atom is 0.131 e. The fourth-order valence-electron chi connectivity index (χ4n) is 2.36. The molecule has 0 bridgehead atoms. The molecule has 0 fully saturated rings. The molecule has 0 unspecified atom stereocenters. The summed E-state index contributed by atoms with van der Waals surface area (Å²) in [4.78, 5) is 4.65. The maximum absolute atomic E-state index is 13.2. The molecule has 0 radical (unpaired) electrons. The van der Waals surface area contributed by atoms with E-state index in [1.54, 1.807) is 6.07 Å². The zero-order chi connectivity index (χ0) is 15.7. The van der Waals surface area contributed by atoms with Gasteiger partial charge in [0.2, 0.25) is 0 Å². The third-order valence-electron chi connectivity index (χ3n) is 3.29. The number of nitrogen functional groups attached to an aromatic ring is 1. The number of hydrogen-bond acceptors (Lipinski definition) is 2. The second-order valence-corrected chi connectivity index (χ2v) is 6.39. The van der Waals surface area contributed by atoms with Gasteiger partial charge in [0, 0.05) is 18.0 Å². The largest absolute Gasteiger partial charge is 0.383 e. The van der Waals surface area contributed by atoms with Gasteiger partial charge in [-0.1, -0.05) is 39.3 Å². The molecule has 0 saturated carbocycles. The Bertz CT molecular complexity index is 647. The standard InChI is InChI=1S/C16H21ClFN3/c1-9(2)8-21-15(19)14(20-16(21)10(3)4)12-6-5-11(18)7-13(12)17/h5-7,9-10H,8,19H2,1-4H3. The minimum absolute atomic E-state index is 0.249. The number of nitrogens with two attached hydrogens (primary N) is 1. The fraction of sp³-hybridized carbons (Fsp3) is 0.438. The molecule has 0 aliphatic heterocycles. The van der Waals surface area contributed by atoms with E-state index in [1.807, 2.05) is 4.57 Å². The molecule has 1 aromatic heterocycles. The predicted molar refractivity (Wildman–Crippen MR) is 86.0 cm³/mol. The monoisotopic (exact) mass is 309 g/mol.